The molecule has 0 amide bonds. The molecule has 0 aromatic heterocycles. The number of hydrogen-bond acceptors (Lipinski definition) is 6. The van der Waals surface area contributed by atoms with Crippen LogP contribution in [0.15, 0.2) is 54.3 Å². The van der Waals surface area contributed by atoms with E-state index >= 15 is 0 Å². The molecule has 3 rings (SSSR count). The third-order valence-corrected chi connectivity index (χ3v) is 4.19. The Morgan fingerprint density at radius 1 is 1.00 bits per heavy atom. The molecule has 6 heteroatoms. The molecule has 0 aliphatic carbocycles. The van der Waals surface area contributed by atoms with Crippen molar-refractivity contribution in [2.24, 2.45) is 0 Å². The molecule has 1 heterocycles. The van der Waals surface area contributed by atoms with E-state index in [1.807, 2.05) is 0 Å². The highest BCUT2D eigenvalue weighted by Crippen LogP contribution is 2.35. The second kappa shape index (κ2) is 7.86. The van der Waals surface area contributed by atoms with Gasteiger partial charge in [0.1, 0.15) is 11.9 Å². The summed E-state index contributed by atoms with van der Waals surface area (Å²) in [5, 5.41) is 19.4. The number of allylic oxidation sites excluding steroid dienone is 2. The molecular weight excluding hydrogens is 348 g/mol. The lowest BCUT2D eigenvalue weighted by Gasteiger charge is -2.23. The quantitative estimate of drug-likeness (QED) is 0.836. The van der Waals surface area contributed by atoms with Crippen LogP contribution in [0, 0.1) is 0 Å². The van der Waals surface area contributed by atoms with Crippen LogP contribution in [0.3, 0.4) is 0 Å². The Morgan fingerprint density at radius 2 is 1.67 bits per heavy atom. The number of ether oxygens (including phenoxy) is 3. The van der Waals surface area contributed by atoms with Gasteiger partial charge in [-0.15, -0.1) is 0 Å². The van der Waals surface area contributed by atoms with Crippen LogP contribution < -0.4 is 9.47 Å². The summed E-state index contributed by atoms with van der Waals surface area (Å²) < 4.78 is 16.1. The van der Waals surface area contributed by atoms with Crippen LogP contribution in [0.25, 0.3) is 6.08 Å². The van der Waals surface area contributed by atoms with Crippen molar-refractivity contribution in [3.05, 3.63) is 65.4 Å². The van der Waals surface area contributed by atoms with Gasteiger partial charge in [0.2, 0.25) is 0 Å². The Hall–Kier alpha value is -3.41. The van der Waals surface area contributed by atoms with E-state index in [0.29, 0.717) is 17.3 Å². The van der Waals surface area contributed by atoms with Crippen LogP contribution in [-0.2, 0) is 9.53 Å². The molecule has 1 aliphatic rings. The molecule has 0 fully saturated rings. The molecule has 2 aromatic rings. The average Bonchev–Trinajstić information content (AvgIpc) is 2.67. The molecule has 140 valence electrons. The monoisotopic (exact) mass is 368 g/mol. The third kappa shape index (κ3) is 4.23. The van der Waals surface area contributed by atoms with Gasteiger partial charge in [-0.2, -0.15) is 0 Å². The van der Waals surface area contributed by atoms with Crippen molar-refractivity contribution in [1.29, 1.82) is 0 Å². The van der Waals surface area contributed by atoms with Crippen molar-refractivity contribution >= 4 is 11.9 Å². The summed E-state index contributed by atoms with van der Waals surface area (Å²) in [7, 11) is 2.94. The number of methoxy groups -OCH3 is 2. The maximum absolute atomic E-state index is 12.1. The number of hydrogen-bond donors (Lipinski definition) is 2. The molecular formula is C21H20O6. The molecule has 0 spiro atoms. The Bertz CT molecular complexity index is 913. The Labute approximate surface area is 156 Å². The number of phenols is 2. The average molecular weight is 368 g/mol. The van der Waals surface area contributed by atoms with Gasteiger partial charge >= 0.3 is 0 Å². The van der Waals surface area contributed by atoms with Crippen molar-refractivity contribution in [1.82, 2.24) is 0 Å². The van der Waals surface area contributed by atoms with Gasteiger partial charge in [-0.3, -0.25) is 4.79 Å². The number of rotatable bonds is 5. The van der Waals surface area contributed by atoms with Crippen LogP contribution in [0.4, 0.5) is 0 Å². The summed E-state index contributed by atoms with van der Waals surface area (Å²) in [6.07, 6.45) is 4.64. The standard InChI is InChI=1S/C21H20O6/c1-25-20-9-13(4-7-17(20)23)3-6-16-11-15(22)12-19(27-16)14-5-8-18(24)21(10-14)26-2/h3-11,19,23-24H,12H2,1-2H3/b6-3+. The highest BCUT2D eigenvalue weighted by atomic mass is 16.5. The van der Waals surface area contributed by atoms with Crippen molar-refractivity contribution in [2.75, 3.05) is 14.2 Å². The number of phenolic OH excluding ortho intramolecular Hbond substituents is 2. The minimum atomic E-state index is -0.467. The van der Waals surface area contributed by atoms with E-state index in [9.17, 15) is 15.0 Å². The zero-order valence-corrected chi connectivity index (χ0v) is 15.0. The molecule has 27 heavy (non-hydrogen) atoms. The topological polar surface area (TPSA) is 85.2 Å². The van der Waals surface area contributed by atoms with Crippen molar-refractivity contribution in [3.8, 4) is 23.0 Å². The fourth-order valence-corrected chi connectivity index (χ4v) is 2.78. The Balaban J connectivity index is 1.80. The molecule has 1 unspecified atom stereocenters. The first kappa shape index (κ1) is 18.4. The summed E-state index contributed by atoms with van der Waals surface area (Å²) >= 11 is 0. The van der Waals surface area contributed by atoms with E-state index < -0.39 is 6.10 Å². The fourth-order valence-electron chi connectivity index (χ4n) is 2.78. The van der Waals surface area contributed by atoms with Crippen LogP contribution in [-0.4, -0.2) is 30.2 Å². The van der Waals surface area contributed by atoms with E-state index in [1.165, 1.54) is 32.4 Å². The Kier molecular flexibility index (Phi) is 5.35. The maximum atomic E-state index is 12.1. The summed E-state index contributed by atoms with van der Waals surface area (Å²) in [4.78, 5) is 12.1. The highest BCUT2D eigenvalue weighted by molar-refractivity contribution is 5.92. The van der Waals surface area contributed by atoms with Gasteiger partial charge < -0.3 is 24.4 Å². The maximum Gasteiger partial charge on any atom is 0.163 e. The lowest BCUT2D eigenvalue weighted by Crippen LogP contribution is -2.14. The number of carbonyl (C=O) groups is 1. The number of carbonyl (C=O) groups excluding carboxylic acids is 1. The zero-order chi connectivity index (χ0) is 19.4. The van der Waals surface area contributed by atoms with Crippen molar-refractivity contribution in [2.45, 2.75) is 12.5 Å². The van der Waals surface area contributed by atoms with Gasteiger partial charge in [-0.05, 0) is 41.5 Å². The summed E-state index contributed by atoms with van der Waals surface area (Å²) in [5.41, 5.74) is 1.53. The van der Waals surface area contributed by atoms with Crippen molar-refractivity contribution < 1.29 is 29.2 Å². The molecule has 0 saturated heterocycles. The van der Waals surface area contributed by atoms with Crippen LogP contribution in [0.1, 0.15) is 23.7 Å². The van der Waals surface area contributed by atoms with E-state index in [4.69, 9.17) is 14.2 Å². The van der Waals surface area contributed by atoms with E-state index in [0.717, 1.165) is 11.1 Å². The van der Waals surface area contributed by atoms with Crippen molar-refractivity contribution in [3.63, 3.8) is 0 Å². The molecule has 0 radical (unpaired) electrons. The minimum absolute atomic E-state index is 0.0281. The Morgan fingerprint density at radius 3 is 2.37 bits per heavy atom. The highest BCUT2D eigenvalue weighted by Gasteiger charge is 2.23. The fraction of sp³-hybridized carbons (Fsp3) is 0.190. The molecule has 2 N–H and O–H groups in total. The molecule has 6 nitrogen and oxygen atoms in total. The first-order chi connectivity index (χ1) is 13.0. The van der Waals surface area contributed by atoms with Crippen LogP contribution in [0.5, 0.6) is 23.0 Å². The number of aromatic hydroxyl groups is 2. The molecule has 2 aromatic carbocycles. The van der Waals surface area contributed by atoms with Gasteiger partial charge in [-0.1, -0.05) is 18.2 Å². The second-order valence-corrected chi connectivity index (χ2v) is 6.02. The van der Waals surface area contributed by atoms with E-state index in [-0.39, 0.29) is 23.7 Å². The lowest BCUT2D eigenvalue weighted by molar-refractivity contribution is -0.118. The summed E-state index contributed by atoms with van der Waals surface area (Å²) in [6.45, 7) is 0. The largest absolute Gasteiger partial charge is 0.504 e. The van der Waals surface area contributed by atoms with Gasteiger partial charge in [-0.25, -0.2) is 0 Å². The zero-order valence-electron chi connectivity index (χ0n) is 15.0. The predicted molar refractivity (Wildman–Crippen MR) is 99.9 cm³/mol. The van der Waals surface area contributed by atoms with Gasteiger partial charge in [0, 0.05) is 6.08 Å². The summed E-state index contributed by atoms with van der Waals surface area (Å²) in [6, 6.07) is 9.81. The smallest absolute Gasteiger partial charge is 0.163 e. The number of benzene rings is 2. The molecule has 1 aliphatic heterocycles. The van der Waals surface area contributed by atoms with E-state index in [2.05, 4.69) is 0 Å². The summed E-state index contributed by atoms with van der Waals surface area (Å²) in [5.74, 6) is 1.14. The lowest BCUT2D eigenvalue weighted by atomic mass is 10.0. The second-order valence-electron chi connectivity index (χ2n) is 6.02. The molecule has 0 saturated carbocycles. The predicted octanol–water partition coefficient (Wildman–Crippen LogP) is 3.74. The molecule has 1 atom stereocenters. The van der Waals surface area contributed by atoms with Gasteiger partial charge in [0.15, 0.2) is 28.8 Å². The van der Waals surface area contributed by atoms with Gasteiger partial charge in [0.05, 0.1) is 20.6 Å². The molecule has 0 bridgehead atoms. The SMILES string of the molecule is COc1cc(/C=C/C2=CC(=O)CC(c3ccc(O)c(OC)c3)O2)ccc1O. The first-order valence-electron chi connectivity index (χ1n) is 8.33. The van der Waals surface area contributed by atoms with Gasteiger partial charge in [0.25, 0.3) is 0 Å². The first-order valence-corrected chi connectivity index (χ1v) is 8.33. The van der Waals surface area contributed by atoms with Crippen LogP contribution in [0.2, 0.25) is 0 Å². The van der Waals surface area contributed by atoms with Crippen LogP contribution >= 0.6 is 0 Å². The third-order valence-electron chi connectivity index (χ3n) is 4.19. The van der Waals surface area contributed by atoms with E-state index in [1.54, 1.807) is 36.4 Å². The number of ketones is 1. The minimum Gasteiger partial charge on any atom is -0.504 e. The normalized spacial score (nSPS) is 16.7.